The average molecular weight is 234 g/mol. The number of ether oxygens (including phenoxy) is 1. The molecular weight excluding hydrogens is 220 g/mol. The molecule has 0 atom stereocenters. The van der Waals surface area contributed by atoms with Crippen LogP contribution in [0.5, 0.6) is 5.75 Å². The van der Waals surface area contributed by atoms with Gasteiger partial charge in [0.1, 0.15) is 11.2 Å². The molecular formula is C13H14O4. The fraction of sp³-hybridized carbons (Fsp3) is 0.385. The maximum atomic E-state index is 12.3. The molecule has 0 saturated heterocycles. The van der Waals surface area contributed by atoms with Crippen LogP contribution in [0.2, 0.25) is 0 Å². The van der Waals surface area contributed by atoms with E-state index in [0.29, 0.717) is 24.2 Å². The standard InChI is InChI=1S/C13H14O4/c1-17-10-6-3-2-5-9(10)11(14)13(12(15)16)7-4-8-13/h2-3,5-6H,4,7-8H2,1H3,(H,15,16). The van der Waals surface area contributed by atoms with Crippen LogP contribution in [0.4, 0.5) is 0 Å². The first-order valence-electron chi connectivity index (χ1n) is 5.53. The number of aliphatic carboxylic acids is 1. The Morgan fingerprint density at radius 2 is 1.94 bits per heavy atom. The van der Waals surface area contributed by atoms with E-state index < -0.39 is 11.4 Å². The van der Waals surface area contributed by atoms with Crippen molar-refractivity contribution in [3.63, 3.8) is 0 Å². The molecule has 0 aliphatic heterocycles. The number of para-hydroxylation sites is 1. The fourth-order valence-electron chi connectivity index (χ4n) is 2.16. The zero-order valence-electron chi connectivity index (χ0n) is 9.60. The quantitative estimate of drug-likeness (QED) is 0.640. The molecule has 0 amide bonds. The number of benzene rings is 1. The van der Waals surface area contributed by atoms with Crippen LogP contribution in [-0.2, 0) is 4.79 Å². The zero-order chi connectivity index (χ0) is 12.5. The molecule has 1 aliphatic carbocycles. The second-order valence-electron chi connectivity index (χ2n) is 4.27. The molecule has 1 aromatic carbocycles. The van der Waals surface area contributed by atoms with Gasteiger partial charge in [0.05, 0.1) is 12.7 Å². The van der Waals surface area contributed by atoms with E-state index in [1.54, 1.807) is 24.3 Å². The van der Waals surface area contributed by atoms with Crippen molar-refractivity contribution in [3.8, 4) is 5.75 Å². The molecule has 90 valence electrons. The highest BCUT2D eigenvalue weighted by molar-refractivity contribution is 6.14. The fourth-order valence-corrected chi connectivity index (χ4v) is 2.16. The normalized spacial score (nSPS) is 17.0. The Hall–Kier alpha value is -1.84. The van der Waals surface area contributed by atoms with E-state index in [-0.39, 0.29) is 5.78 Å². The van der Waals surface area contributed by atoms with Gasteiger partial charge < -0.3 is 9.84 Å². The molecule has 1 N–H and O–H groups in total. The molecule has 0 spiro atoms. The molecule has 17 heavy (non-hydrogen) atoms. The Labute approximate surface area is 99.2 Å². The molecule has 0 heterocycles. The van der Waals surface area contributed by atoms with Crippen molar-refractivity contribution >= 4 is 11.8 Å². The minimum absolute atomic E-state index is 0.339. The zero-order valence-corrected chi connectivity index (χ0v) is 9.60. The summed E-state index contributed by atoms with van der Waals surface area (Å²) in [5, 5.41) is 9.22. The van der Waals surface area contributed by atoms with Crippen molar-refractivity contribution in [2.75, 3.05) is 7.11 Å². The second kappa shape index (κ2) is 4.20. The van der Waals surface area contributed by atoms with Crippen molar-refractivity contribution < 1.29 is 19.4 Å². The van der Waals surface area contributed by atoms with Gasteiger partial charge in [0.15, 0.2) is 5.78 Å². The maximum absolute atomic E-state index is 12.3. The van der Waals surface area contributed by atoms with E-state index in [2.05, 4.69) is 0 Å². The van der Waals surface area contributed by atoms with E-state index in [9.17, 15) is 14.7 Å². The third-order valence-corrected chi connectivity index (χ3v) is 3.40. The van der Waals surface area contributed by atoms with Gasteiger partial charge in [-0.25, -0.2) is 0 Å². The summed E-state index contributed by atoms with van der Waals surface area (Å²) in [6, 6.07) is 6.75. The number of Topliss-reactive ketones (excluding diaryl/α,β-unsaturated/α-hetero) is 1. The summed E-state index contributed by atoms with van der Waals surface area (Å²) in [6.45, 7) is 0. The SMILES string of the molecule is COc1ccccc1C(=O)C1(C(=O)O)CCC1. The van der Waals surface area contributed by atoms with Crippen LogP contribution in [-0.4, -0.2) is 24.0 Å². The van der Waals surface area contributed by atoms with Crippen LogP contribution in [0.1, 0.15) is 29.6 Å². The van der Waals surface area contributed by atoms with Crippen LogP contribution >= 0.6 is 0 Å². The van der Waals surface area contributed by atoms with Crippen molar-refractivity contribution in [3.05, 3.63) is 29.8 Å². The lowest BCUT2D eigenvalue weighted by atomic mass is 9.64. The predicted molar refractivity (Wildman–Crippen MR) is 61.2 cm³/mol. The van der Waals surface area contributed by atoms with Crippen LogP contribution in [0.3, 0.4) is 0 Å². The van der Waals surface area contributed by atoms with Crippen LogP contribution < -0.4 is 4.74 Å². The van der Waals surface area contributed by atoms with Gasteiger partial charge >= 0.3 is 5.97 Å². The monoisotopic (exact) mass is 234 g/mol. The van der Waals surface area contributed by atoms with Crippen LogP contribution in [0, 0.1) is 5.41 Å². The average Bonchev–Trinajstić information content (AvgIpc) is 2.26. The Bertz CT molecular complexity index is 460. The van der Waals surface area contributed by atoms with Crippen molar-refractivity contribution in [2.45, 2.75) is 19.3 Å². The number of carbonyl (C=O) groups excluding carboxylic acids is 1. The smallest absolute Gasteiger partial charge is 0.317 e. The van der Waals surface area contributed by atoms with Crippen LogP contribution in [0.25, 0.3) is 0 Å². The number of carbonyl (C=O) groups is 2. The van der Waals surface area contributed by atoms with E-state index >= 15 is 0 Å². The summed E-state index contributed by atoms with van der Waals surface area (Å²) in [5.41, 5.74) is -0.869. The number of carboxylic acids is 1. The Kier molecular flexibility index (Phi) is 2.88. The van der Waals surface area contributed by atoms with E-state index in [4.69, 9.17) is 4.74 Å². The maximum Gasteiger partial charge on any atom is 0.317 e. The molecule has 4 heteroatoms. The molecule has 2 rings (SSSR count). The number of methoxy groups -OCH3 is 1. The lowest BCUT2D eigenvalue weighted by Gasteiger charge is -2.36. The number of ketones is 1. The third-order valence-electron chi connectivity index (χ3n) is 3.40. The summed E-state index contributed by atoms with van der Waals surface area (Å²) < 4.78 is 5.10. The molecule has 1 aromatic rings. The Balaban J connectivity index is 2.40. The summed E-state index contributed by atoms with van der Waals surface area (Å²) in [6.07, 6.45) is 1.62. The first-order chi connectivity index (χ1) is 8.12. The Morgan fingerprint density at radius 1 is 1.29 bits per heavy atom. The highest BCUT2D eigenvalue weighted by Crippen LogP contribution is 2.45. The molecule has 1 aliphatic rings. The number of hydrogen-bond donors (Lipinski definition) is 1. The van der Waals surface area contributed by atoms with Gasteiger partial charge in [-0.3, -0.25) is 9.59 Å². The van der Waals surface area contributed by atoms with Gasteiger partial charge in [0.25, 0.3) is 0 Å². The lowest BCUT2D eigenvalue weighted by molar-refractivity contribution is -0.150. The largest absolute Gasteiger partial charge is 0.496 e. The summed E-state index contributed by atoms with van der Waals surface area (Å²) in [7, 11) is 1.47. The van der Waals surface area contributed by atoms with Crippen molar-refractivity contribution in [1.82, 2.24) is 0 Å². The van der Waals surface area contributed by atoms with Gasteiger partial charge in [-0.2, -0.15) is 0 Å². The highest BCUT2D eigenvalue weighted by Gasteiger charge is 2.51. The molecule has 0 unspecified atom stereocenters. The summed E-state index contributed by atoms with van der Waals surface area (Å²) in [5.74, 6) is -0.932. The molecule has 1 fully saturated rings. The first-order valence-corrected chi connectivity index (χ1v) is 5.53. The molecule has 0 aromatic heterocycles. The summed E-state index contributed by atoms with van der Waals surface area (Å²) in [4.78, 5) is 23.6. The van der Waals surface area contributed by atoms with Crippen LogP contribution in [0.15, 0.2) is 24.3 Å². The molecule has 0 bridgehead atoms. The highest BCUT2D eigenvalue weighted by atomic mass is 16.5. The summed E-state index contributed by atoms with van der Waals surface area (Å²) >= 11 is 0. The number of hydrogen-bond acceptors (Lipinski definition) is 3. The van der Waals surface area contributed by atoms with Gasteiger partial charge in [-0.15, -0.1) is 0 Å². The topological polar surface area (TPSA) is 63.6 Å². The molecule has 1 saturated carbocycles. The third kappa shape index (κ3) is 1.69. The van der Waals surface area contributed by atoms with Crippen molar-refractivity contribution in [2.24, 2.45) is 5.41 Å². The lowest BCUT2D eigenvalue weighted by Crippen LogP contribution is -2.45. The molecule has 4 nitrogen and oxygen atoms in total. The predicted octanol–water partition coefficient (Wildman–Crippen LogP) is 2.13. The molecule has 0 radical (unpaired) electrons. The Morgan fingerprint density at radius 3 is 2.41 bits per heavy atom. The van der Waals surface area contributed by atoms with E-state index in [1.807, 2.05) is 0 Å². The van der Waals surface area contributed by atoms with Crippen molar-refractivity contribution in [1.29, 1.82) is 0 Å². The second-order valence-corrected chi connectivity index (χ2v) is 4.27. The number of rotatable bonds is 4. The van der Waals surface area contributed by atoms with Gasteiger partial charge in [0, 0.05) is 0 Å². The van der Waals surface area contributed by atoms with E-state index in [0.717, 1.165) is 6.42 Å². The van der Waals surface area contributed by atoms with Gasteiger partial charge in [0.2, 0.25) is 0 Å². The number of carboxylic acid groups (broad SMARTS) is 1. The van der Waals surface area contributed by atoms with Gasteiger partial charge in [-0.1, -0.05) is 18.6 Å². The van der Waals surface area contributed by atoms with E-state index in [1.165, 1.54) is 7.11 Å². The first kappa shape index (κ1) is 11.6. The minimum atomic E-state index is -1.23. The van der Waals surface area contributed by atoms with Gasteiger partial charge in [-0.05, 0) is 25.0 Å². The minimum Gasteiger partial charge on any atom is -0.496 e.